The van der Waals surface area contributed by atoms with Gasteiger partial charge in [0.05, 0.1) is 6.04 Å². The van der Waals surface area contributed by atoms with Crippen LogP contribution in [0.4, 0.5) is 4.79 Å². The van der Waals surface area contributed by atoms with Gasteiger partial charge in [-0.15, -0.1) is 0 Å². The Hall–Kier alpha value is -3.45. The first kappa shape index (κ1) is 29.1. The van der Waals surface area contributed by atoms with Crippen molar-refractivity contribution in [3.63, 3.8) is 0 Å². The molecule has 1 aliphatic carbocycles. The van der Waals surface area contributed by atoms with Crippen molar-refractivity contribution in [2.45, 2.75) is 83.5 Å². The van der Waals surface area contributed by atoms with E-state index in [-0.39, 0.29) is 24.2 Å². The lowest BCUT2D eigenvalue weighted by molar-refractivity contribution is -0.131. The third-order valence-corrected chi connectivity index (χ3v) is 8.72. The van der Waals surface area contributed by atoms with Gasteiger partial charge in [-0.25, -0.2) is 4.79 Å². The Bertz CT molecular complexity index is 1280. The average molecular weight is 558 g/mol. The molecule has 2 heterocycles. The zero-order chi connectivity index (χ0) is 29.1. The average Bonchev–Trinajstić information content (AvgIpc) is 3.55. The number of carbonyl (C=O) groups excluding carboxylic acids is 3. The summed E-state index contributed by atoms with van der Waals surface area (Å²) in [5.74, 6) is -1.06. The highest BCUT2D eigenvalue weighted by Crippen LogP contribution is 2.44. The lowest BCUT2D eigenvalue weighted by atomic mass is 9.86. The number of ketones is 1. The second-order valence-electron chi connectivity index (χ2n) is 12.9. The normalized spacial score (nSPS) is 23.2. The van der Waals surface area contributed by atoms with Gasteiger partial charge in [0.15, 0.2) is 5.78 Å². The van der Waals surface area contributed by atoms with Gasteiger partial charge < -0.3 is 10.5 Å². The van der Waals surface area contributed by atoms with Crippen molar-refractivity contribution in [3.05, 3.63) is 77.4 Å². The number of Topliss-reactive ketones (excluding diaryl/α,β-unsaturated/α-hetero) is 1. The lowest BCUT2D eigenvalue weighted by Gasteiger charge is -2.36. The Morgan fingerprint density at radius 2 is 1.73 bits per heavy atom. The minimum absolute atomic E-state index is 0.0304. The van der Waals surface area contributed by atoms with Crippen LogP contribution in [0.15, 0.2) is 60.7 Å². The van der Waals surface area contributed by atoms with Gasteiger partial charge in [0.1, 0.15) is 5.60 Å². The summed E-state index contributed by atoms with van der Waals surface area (Å²) < 4.78 is 5.63. The molecule has 2 N–H and O–H groups in total. The summed E-state index contributed by atoms with van der Waals surface area (Å²) in [6.07, 6.45) is 5.92. The number of nitrogens with zero attached hydrogens (tertiary/aromatic N) is 2. The van der Waals surface area contributed by atoms with Crippen LogP contribution < -0.4 is 5.73 Å². The summed E-state index contributed by atoms with van der Waals surface area (Å²) in [4.78, 5) is 43.1. The number of carbonyl (C=O) groups is 3. The predicted octanol–water partition coefficient (Wildman–Crippen LogP) is 5.37. The minimum Gasteiger partial charge on any atom is -0.444 e. The molecule has 1 saturated carbocycles. The third kappa shape index (κ3) is 7.07. The zero-order valence-electron chi connectivity index (χ0n) is 24.6. The Morgan fingerprint density at radius 3 is 2.37 bits per heavy atom. The summed E-state index contributed by atoms with van der Waals surface area (Å²) in [6, 6.07) is 18.3. The van der Waals surface area contributed by atoms with Crippen LogP contribution in [-0.2, 0) is 27.3 Å². The first-order valence-electron chi connectivity index (χ1n) is 15.0. The smallest absolute Gasteiger partial charge is 0.411 e. The van der Waals surface area contributed by atoms with Gasteiger partial charge in [-0.3, -0.25) is 19.4 Å². The van der Waals surface area contributed by atoms with Crippen molar-refractivity contribution < 1.29 is 19.1 Å². The van der Waals surface area contributed by atoms with E-state index >= 15 is 0 Å². The molecule has 218 valence electrons. The largest absolute Gasteiger partial charge is 0.444 e. The van der Waals surface area contributed by atoms with E-state index < -0.39 is 29.6 Å². The van der Waals surface area contributed by atoms with Gasteiger partial charge in [0.25, 0.3) is 0 Å². The highest BCUT2D eigenvalue weighted by atomic mass is 16.6. The van der Waals surface area contributed by atoms with E-state index in [4.69, 9.17) is 10.5 Å². The Kier molecular flexibility index (Phi) is 8.64. The number of nitrogens with two attached hydrogens (primary N) is 1. The number of primary amides is 1. The van der Waals surface area contributed by atoms with Gasteiger partial charge in [-0.05, 0) is 81.1 Å². The summed E-state index contributed by atoms with van der Waals surface area (Å²) in [5, 5.41) is 0. The predicted molar refractivity (Wildman–Crippen MR) is 160 cm³/mol. The Morgan fingerprint density at radius 1 is 1.00 bits per heavy atom. The number of hydrogen-bond donors (Lipinski definition) is 1. The molecule has 3 aliphatic rings. The topological polar surface area (TPSA) is 92.9 Å². The van der Waals surface area contributed by atoms with E-state index in [0.29, 0.717) is 6.42 Å². The van der Waals surface area contributed by atoms with Gasteiger partial charge in [0, 0.05) is 38.0 Å². The van der Waals surface area contributed by atoms with Crippen molar-refractivity contribution in [3.8, 4) is 0 Å². The van der Waals surface area contributed by atoms with E-state index in [1.165, 1.54) is 16.7 Å². The molecule has 7 nitrogen and oxygen atoms in total. The molecule has 0 aromatic heterocycles. The number of benzene rings is 2. The SMILES string of the molecule is CC(C)(C)OC(=O)N1[C@@H]2CC[C@@H](C2)[C@H]1C(=O)C[C@@H](Cc1ccc(C2=CCN(Cc3ccccc3)CC2)cc1)C(N)=O. The second kappa shape index (κ2) is 12.2. The Labute approximate surface area is 243 Å². The maximum absolute atomic E-state index is 13.6. The van der Waals surface area contributed by atoms with Gasteiger partial charge in [0.2, 0.25) is 5.91 Å². The number of rotatable bonds is 9. The number of piperidine rings is 1. The minimum atomic E-state index is -0.635. The van der Waals surface area contributed by atoms with E-state index in [1.807, 2.05) is 39.0 Å². The number of amides is 2. The van der Waals surface area contributed by atoms with Crippen molar-refractivity contribution in [1.82, 2.24) is 9.80 Å². The summed E-state index contributed by atoms with van der Waals surface area (Å²) in [6.45, 7) is 8.37. The van der Waals surface area contributed by atoms with Gasteiger partial charge in [-0.1, -0.05) is 60.7 Å². The molecule has 0 spiro atoms. The molecule has 2 amide bonds. The number of likely N-dealkylation sites (tertiary alicyclic amines) is 1. The van der Waals surface area contributed by atoms with E-state index in [1.54, 1.807) is 4.90 Å². The molecule has 0 radical (unpaired) electrons. The molecular formula is C34H43N3O4. The monoisotopic (exact) mass is 557 g/mol. The highest BCUT2D eigenvalue weighted by Gasteiger charge is 2.52. The molecule has 2 aromatic rings. The fraction of sp³-hybridized carbons (Fsp3) is 0.500. The standard InChI is InChI=1S/C34H43N3O4/c1-34(2,3)41-33(40)37-29-14-13-27(20-29)31(37)30(38)21-28(32(35)39)19-23-9-11-25(12-10-23)26-15-17-36(18-16-26)22-24-7-5-4-6-8-24/h4-12,15,27-29,31H,13-14,16-22H2,1-3H3,(H2,35,39)/t27-,28+,29+,31-/m0/s1. The first-order valence-corrected chi connectivity index (χ1v) is 15.0. The summed E-state index contributed by atoms with van der Waals surface area (Å²) in [5.41, 5.74) is 9.98. The molecule has 41 heavy (non-hydrogen) atoms. The van der Waals surface area contributed by atoms with Gasteiger partial charge in [-0.2, -0.15) is 0 Å². The van der Waals surface area contributed by atoms with Crippen LogP contribution in [0.25, 0.3) is 5.57 Å². The maximum atomic E-state index is 13.6. The van der Waals surface area contributed by atoms with Gasteiger partial charge >= 0.3 is 6.09 Å². The van der Waals surface area contributed by atoms with Crippen molar-refractivity contribution >= 4 is 23.4 Å². The quantitative estimate of drug-likeness (QED) is 0.448. The Balaban J connectivity index is 1.19. The van der Waals surface area contributed by atoms with Crippen LogP contribution in [0.2, 0.25) is 0 Å². The van der Waals surface area contributed by atoms with Crippen molar-refractivity contribution in [2.24, 2.45) is 17.6 Å². The first-order chi connectivity index (χ1) is 19.6. The fourth-order valence-corrected chi connectivity index (χ4v) is 6.72. The summed E-state index contributed by atoms with van der Waals surface area (Å²) >= 11 is 0. The number of hydrogen-bond acceptors (Lipinski definition) is 5. The van der Waals surface area contributed by atoms with Crippen molar-refractivity contribution in [2.75, 3.05) is 13.1 Å². The van der Waals surface area contributed by atoms with Crippen LogP contribution in [0, 0.1) is 11.8 Å². The van der Waals surface area contributed by atoms with Crippen LogP contribution in [0.3, 0.4) is 0 Å². The molecule has 0 unspecified atom stereocenters. The number of ether oxygens (including phenoxy) is 1. The fourth-order valence-electron chi connectivity index (χ4n) is 6.72. The molecule has 2 bridgehead atoms. The third-order valence-electron chi connectivity index (χ3n) is 8.72. The molecule has 2 aromatic carbocycles. The molecule has 7 heteroatoms. The molecule has 5 rings (SSSR count). The molecule has 4 atom stereocenters. The van der Waals surface area contributed by atoms with Crippen LogP contribution >= 0.6 is 0 Å². The van der Waals surface area contributed by atoms with Crippen LogP contribution in [0.1, 0.15) is 69.6 Å². The number of fused-ring (bicyclic) bond motifs is 2. The highest BCUT2D eigenvalue weighted by molar-refractivity contribution is 5.92. The van der Waals surface area contributed by atoms with Crippen LogP contribution in [-0.4, -0.2) is 58.4 Å². The second-order valence-corrected chi connectivity index (χ2v) is 12.9. The molecular weight excluding hydrogens is 514 g/mol. The zero-order valence-corrected chi connectivity index (χ0v) is 24.6. The molecule has 2 aliphatic heterocycles. The van der Waals surface area contributed by atoms with E-state index in [2.05, 4.69) is 47.4 Å². The maximum Gasteiger partial charge on any atom is 0.411 e. The van der Waals surface area contributed by atoms with E-state index in [9.17, 15) is 14.4 Å². The van der Waals surface area contributed by atoms with Crippen molar-refractivity contribution in [1.29, 1.82) is 0 Å². The van der Waals surface area contributed by atoms with Crippen LogP contribution in [0.5, 0.6) is 0 Å². The lowest BCUT2D eigenvalue weighted by Crippen LogP contribution is -2.51. The molecule has 1 saturated heterocycles. The summed E-state index contributed by atoms with van der Waals surface area (Å²) in [7, 11) is 0. The van der Waals surface area contributed by atoms with E-state index in [0.717, 1.165) is 50.9 Å². The molecule has 2 fully saturated rings.